The first-order valence-electron chi connectivity index (χ1n) is 5.99. The molecule has 0 saturated heterocycles. The Balaban J connectivity index is 3.95. The van der Waals surface area contributed by atoms with Gasteiger partial charge < -0.3 is 15.3 Å². The molecule has 2 amide bonds. The molecule has 1 unspecified atom stereocenters. The minimum atomic E-state index is -4.18. The van der Waals surface area contributed by atoms with Gasteiger partial charge in [0.1, 0.15) is 6.04 Å². The summed E-state index contributed by atoms with van der Waals surface area (Å²) in [4.78, 5) is 23.4. The Hall–Kier alpha value is -1.47. The van der Waals surface area contributed by atoms with Crippen molar-refractivity contribution in [2.75, 3.05) is 13.6 Å². The fourth-order valence-corrected chi connectivity index (χ4v) is 1.53. The molecule has 0 aromatic carbocycles. The number of nitrogens with one attached hydrogen (secondary N) is 1. The Morgan fingerprint density at radius 2 is 1.89 bits per heavy atom. The van der Waals surface area contributed by atoms with E-state index in [9.17, 15) is 22.8 Å². The summed E-state index contributed by atoms with van der Waals surface area (Å²) in [6, 6.07) is -1.53. The highest BCUT2D eigenvalue weighted by Crippen LogP contribution is 2.21. The number of carbonyl (C=O) groups is 2. The summed E-state index contributed by atoms with van der Waals surface area (Å²) in [5.41, 5.74) is 0. The van der Waals surface area contributed by atoms with E-state index < -0.39 is 30.6 Å². The lowest BCUT2D eigenvalue weighted by molar-refractivity contribution is -0.142. The third-order valence-electron chi connectivity index (χ3n) is 2.62. The van der Waals surface area contributed by atoms with Crippen LogP contribution in [0, 0.1) is 0 Å². The Morgan fingerprint density at radius 3 is 2.32 bits per heavy atom. The standard InChI is InChI=1S/C11H19F3N2O3/c1-3-8(9(17)18)16(2)10(19)15-7-5-4-6-11(12,13)14/h8H,3-7H2,1-2H3,(H,15,19)(H,17,18). The number of unbranched alkanes of at least 4 members (excludes halogenated alkanes) is 1. The SMILES string of the molecule is CCC(C(=O)O)N(C)C(=O)NCCCCC(F)(F)F. The molecule has 1 atom stereocenters. The van der Waals surface area contributed by atoms with Crippen molar-refractivity contribution in [3.63, 3.8) is 0 Å². The third-order valence-corrected chi connectivity index (χ3v) is 2.62. The van der Waals surface area contributed by atoms with Crippen LogP contribution in [0.2, 0.25) is 0 Å². The Labute approximate surface area is 109 Å². The highest BCUT2D eigenvalue weighted by Gasteiger charge is 2.26. The number of carboxylic acid groups (broad SMARTS) is 1. The fourth-order valence-electron chi connectivity index (χ4n) is 1.53. The maximum Gasteiger partial charge on any atom is 0.389 e. The largest absolute Gasteiger partial charge is 0.480 e. The van der Waals surface area contributed by atoms with Crippen LogP contribution in [0.1, 0.15) is 32.6 Å². The first-order valence-corrected chi connectivity index (χ1v) is 5.99. The molecular weight excluding hydrogens is 265 g/mol. The average molecular weight is 284 g/mol. The number of carboxylic acids is 1. The van der Waals surface area contributed by atoms with E-state index in [1.54, 1.807) is 6.92 Å². The van der Waals surface area contributed by atoms with Gasteiger partial charge in [-0.2, -0.15) is 13.2 Å². The summed E-state index contributed by atoms with van der Waals surface area (Å²) in [7, 11) is 1.34. The van der Waals surface area contributed by atoms with Crippen molar-refractivity contribution < 1.29 is 27.9 Å². The van der Waals surface area contributed by atoms with Crippen molar-refractivity contribution in [2.45, 2.75) is 44.8 Å². The van der Waals surface area contributed by atoms with Crippen LogP contribution >= 0.6 is 0 Å². The molecule has 0 spiro atoms. The summed E-state index contributed by atoms with van der Waals surface area (Å²) < 4.78 is 35.5. The molecule has 5 nitrogen and oxygen atoms in total. The molecule has 0 aliphatic carbocycles. The van der Waals surface area contributed by atoms with Gasteiger partial charge in [-0.15, -0.1) is 0 Å². The summed E-state index contributed by atoms with van der Waals surface area (Å²) in [6.07, 6.45) is -4.68. The molecule has 0 aliphatic rings. The number of alkyl halides is 3. The van der Waals surface area contributed by atoms with Crippen molar-refractivity contribution in [1.82, 2.24) is 10.2 Å². The molecule has 0 fully saturated rings. The van der Waals surface area contributed by atoms with Gasteiger partial charge in [-0.3, -0.25) is 0 Å². The van der Waals surface area contributed by atoms with Crippen LogP contribution in [0.5, 0.6) is 0 Å². The maximum absolute atomic E-state index is 11.8. The van der Waals surface area contributed by atoms with Gasteiger partial charge in [-0.25, -0.2) is 9.59 Å². The molecule has 0 bridgehead atoms. The number of urea groups is 1. The Morgan fingerprint density at radius 1 is 1.32 bits per heavy atom. The normalized spacial score (nSPS) is 12.9. The molecular formula is C11H19F3N2O3. The van der Waals surface area contributed by atoms with Crippen LogP contribution in [0.15, 0.2) is 0 Å². The lowest BCUT2D eigenvalue weighted by Gasteiger charge is -2.24. The van der Waals surface area contributed by atoms with E-state index in [2.05, 4.69) is 5.32 Å². The van der Waals surface area contributed by atoms with Crippen LogP contribution < -0.4 is 5.32 Å². The minimum Gasteiger partial charge on any atom is -0.480 e. The van der Waals surface area contributed by atoms with Crippen LogP contribution in [-0.2, 0) is 4.79 Å². The summed E-state index contributed by atoms with van der Waals surface area (Å²) in [6.45, 7) is 1.72. The molecule has 0 heterocycles. The molecule has 0 aromatic rings. The van der Waals surface area contributed by atoms with Gasteiger partial charge >= 0.3 is 18.2 Å². The monoisotopic (exact) mass is 284 g/mol. The van der Waals surface area contributed by atoms with E-state index >= 15 is 0 Å². The van der Waals surface area contributed by atoms with Gasteiger partial charge in [0.2, 0.25) is 0 Å². The van der Waals surface area contributed by atoms with Crippen molar-refractivity contribution in [3.05, 3.63) is 0 Å². The van der Waals surface area contributed by atoms with Crippen LogP contribution in [-0.4, -0.2) is 47.8 Å². The molecule has 2 N–H and O–H groups in total. The zero-order chi connectivity index (χ0) is 15.1. The first-order chi connectivity index (χ1) is 8.69. The predicted octanol–water partition coefficient (Wildman–Crippen LogP) is 2.22. The minimum absolute atomic E-state index is 0.0658. The predicted molar refractivity (Wildman–Crippen MR) is 62.8 cm³/mol. The Bertz CT molecular complexity index is 308. The molecule has 112 valence electrons. The number of hydrogen-bond donors (Lipinski definition) is 2. The van der Waals surface area contributed by atoms with E-state index in [1.165, 1.54) is 7.05 Å². The molecule has 19 heavy (non-hydrogen) atoms. The topological polar surface area (TPSA) is 69.6 Å². The highest BCUT2D eigenvalue weighted by molar-refractivity contribution is 5.82. The van der Waals surface area contributed by atoms with Crippen LogP contribution in [0.25, 0.3) is 0 Å². The van der Waals surface area contributed by atoms with Gasteiger partial charge in [0, 0.05) is 20.0 Å². The molecule has 8 heteroatoms. The molecule has 0 radical (unpaired) electrons. The van der Waals surface area contributed by atoms with Gasteiger partial charge in [-0.1, -0.05) is 6.92 Å². The van der Waals surface area contributed by atoms with Gasteiger partial charge in [-0.05, 0) is 19.3 Å². The van der Waals surface area contributed by atoms with Crippen molar-refractivity contribution in [3.8, 4) is 0 Å². The molecule has 0 aliphatic heterocycles. The number of likely N-dealkylation sites (N-methyl/N-ethyl adjacent to an activating group) is 1. The summed E-state index contributed by atoms with van der Waals surface area (Å²) >= 11 is 0. The highest BCUT2D eigenvalue weighted by atomic mass is 19.4. The van der Waals surface area contributed by atoms with E-state index in [0.29, 0.717) is 0 Å². The van der Waals surface area contributed by atoms with E-state index in [4.69, 9.17) is 5.11 Å². The van der Waals surface area contributed by atoms with Crippen molar-refractivity contribution >= 4 is 12.0 Å². The zero-order valence-electron chi connectivity index (χ0n) is 11.0. The Kier molecular flexibility index (Phi) is 7.25. The van der Waals surface area contributed by atoms with Crippen molar-refractivity contribution in [1.29, 1.82) is 0 Å². The quantitative estimate of drug-likeness (QED) is 0.704. The number of halogens is 3. The third kappa shape index (κ3) is 7.53. The molecule has 0 aromatic heterocycles. The summed E-state index contributed by atoms with van der Waals surface area (Å²) in [5.74, 6) is -1.11. The van der Waals surface area contributed by atoms with Crippen LogP contribution in [0.4, 0.5) is 18.0 Å². The number of amides is 2. The van der Waals surface area contributed by atoms with Crippen LogP contribution in [0.3, 0.4) is 0 Å². The fraction of sp³-hybridized carbons (Fsp3) is 0.818. The van der Waals surface area contributed by atoms with Gasteiger partial charge in [0.05, 0.1) is 0 Å². The van der Waals surface area contributed by atoms with Crippen molar-refractivity contribution in [2.24, 2.45) is 0 Å². The first kappa shape index (κ1) is 17.5. The second-order valence-electron chi connectivity index (χ2n) is 4.18. The molecule has 0 rings (SSSR count). The maximum atomic E-state index is 11.8. The number of carbonyl (C=O) groups excluding carboxylic acids is 1. The van der Waals surface area contributed by atoms with E-state index in [0.717, 1.165) is 4.90 Å². The second-order valence-corrected chi connectivity index (χ2v) is 4.18. The summed E-state index contributed by atoms with van der Waals surface area (Å²) in [5, 5.41) is 11.2. The lowest BCUT2D eigenvalue weighted by Crippen LogP contribution is -2.47. The second kappa shape index (κ2) is 7.85. The average Bonchev–Trinajstić information content (AvgIpc) is 2.26. The van der Waals surface area contributed by atoms with Gasteiger partial charge in [0.25, 0.3) is 0 Å². The van der Waals surface area contributed by atoms with Gasteiger partial charge in [0.15, 0.2) is 0 Å². The molecule has 0 saturated carbocycles. The zero-order valence-corrected chi connectivity index (χ0v) is 11.0. The van der Waals surface area contributed by atoms with E-state index in [1.807, 2.05) is 0 Å². The number of aliphatic carboxylic acids is 1. The number of nitrogens with zero attached hydrogens (tertiary/aromatic N) is 1. The smallest absolute Gasteiger partial charge is 0.389 e. The van der Waals surface area contributed by atoms with E-state index in [-0.39, 0.29) is 25.8 Å². The lowest BCUT2D eigenvalue weighted by atomic mass is 10.2. The number of hydrogen-bond acceptors (Lipinski definition) is 2. The number of rotatable bonds is 7.